The minimum absolute atomic E-state index is 0.0714. The van der Waals surface area contributed by atoms with E-state index in [1.54, 1.807) is 0 Å². The van der Waals surface area contributed by atoms with Crippen LogP contribution in [0.4, 0.5) is 0 Å². The first kappa shape index (κ1) is 57.7. The fraction of sp³-hybridized carbons (Fsp3) is 0.860. The Morgan fingerprint density at radius 2 is 0.966 bits per heavy atom. The number of nitrogens with zero attached hydrogens (tertiary/aromatic N) is 1. The highest BCUT2D eigenvalue weighted by Crippen LogP contribution is 2.43. The van der Waals surface area contributed by atoms with Crippen LogP contribution in [0.3, 0.4) is 0 Å². The van der Waals surface area contributed by atoms with E-state index in [4.69, 9.17) is 9.05 Å². The molecular weight excluding hydrogens is 756 g/mol. The summed E-state index contributed by atoms with van der Waals surface area (Å²) < 4.78 is 23.7. The van der Waals surface area contributed by atoms with Gasteiger partial charge in [0.25, 0.3) is 0 Å². The van der Waals surface area contributed by atoms with Crippen molar-refractivity contribution >= 4 is 13.7 Å². The second-order valence-corrected chi connectivity index (χ2v) is 19.6. The summed E-state index contributed by atoms with van der Waals surface area (Å²) in [6.07, 6.45) is 51.7. The lowest BCUT2D eigenvalue weighted by atomic mass is 10.0. The van der Waals surface area contributed by atoms with E-state index in [1.165, 1.54) is 135 Å². The quantitative estimate of drug-likeness (QED) is 0.0244. The number of hydrogen-bond acceptors (Lipinski definition) is 5. The van der Waals surface area contributed by atoms with Gasteiger partial charge in [-0.3, -0.25) is 13.8 Å². The van der Waals surface area contributed by atoms with Crippen LogP contribution >= 0.6 is 7.82 Å². The first-order valence-electron chi connectivity index (χ1n) is 24.9. The van der Waals surface area contributed by atoms with Crippen LogP contribution in [0, 0.1) is 0 Å². The van der Waals surface area contributed by atoms with Crippen LogP contribution in [-0.2, 0) is 18.4 Å². The van der Waals surface area contributed by atoms with Gasteiger partial charge in [0.2, 0.25) is 5.91 Å². The zero-order chi connectivity index (χ0) is 43.6. The number of amides is 1. The molecule has 9 heteroatoms. The Kier molecular flexibility index (Phi) is 41.1. The molecule has 1 amide bonds. The molecule has 0 aromatic rings. The minimum atomic E-state index is -4.32. The fourth-order valence-electron chi connectivity index (χ4n) is 7.17. The summed E-state index contributed by atoms with van der Waals surface area (Å²) in [7, 11) is 1.61. The van der Waals surface area contributed by atoms with E-state index in [0.29, 0.717) is 23.9 Å². The Bertz CT molecular complexity index is 1060. The standard InChI is InChI=1S/C50H97N2O6P/c1-6-8-10-12-14-16-18-20-22-24-25-26-27-28-30-32-34-36-38-40-42-44-50(54)51-48(47-58-59(55,56)57-46-45-52(3,4)5)49(53)43-41-39-37-35-33-31-29-23-21-19-17-15-13-11-9-7-2/h18,20,24-25,27-28,48-49,53H,6-17,19,21-23,26,29-47H2,1-5H3,(H-,51,54,55,56)/p+1/b20-18-,25-24-,28-27-. The lowest BCUT2D eigenvalue weighted by Gasteiger charge is -2.26. The van der Waals surface area contributed by atoms with Crippen LogP contribution in [0.5, 0.6) is 0 Å². The van der Waals surface area contributed by atoms with Crippen molar-refractivity contribution in [1.82, 2.24) is 5.32 Å². The maximum Gasteiger partial charge on any atom is 0.472 e. The molecule has 0 aliphatic rings. The minimum Gasteiger partial charge on any atom is -0.391 e. The Labute approximate surface area is 366 Å². The number of quaternary nitrogens is 1. The summed E-state index contributed by atoms with van der Waals surface area (Å²) in [6.45, 7) is 4.88. The third-order valence-electron chi connectivity index (χ3n) is 11.1. The van der Waals surface area contributed by atoms with Crippen molar-refractivity contribution in [3.8, 4) is 0 Å². The summed E-state index contributed by atoms with van der Waals surface area (Å²) in [5.41, 5.74) is 0. The van der Waals surface area contributed by atoms with Crippen molar-refractivity contribution in [3.63, 3.8) is 0 Å². The maximum absolute atomic E-state index is 12.9. The van der Waals surface area contributed by atoms with Crippen molar-refractivity contribution in [3.05, 3.63) is 36.5 Å². The van der Waals surface area contributed by atoms with Crippen LogP contribution < -0.4 is 5.32 Å². The summed E-state index contributed by atoms with van der Waals surface area (Å²) in [6, 6.07) is -0.767. The number of rotatable bonds is 45. The Morgan fingerprint density at radius 1 is 0.576 bits per heavy atom. The largest absolute Gasteiger partial charge is 0.472 e. The van der Waals surface area contributed by atoms with Gasteiger partial charge in [-0.15, -0.1) is 0 Å². The SMILES string of the molecule is CCCCCCC/C=C\C/C=C\C/C=C\CCCCCCCCC(=O)NC(COP(=O)(O)OCC[N+](C)(C)C)C(O)CCCCCCCCCCCCCCCCCC. The average Bonchev–Trinajstić information content (AvgIpc) is 3.19. The number of nitrogens with one attached hydrogen (secondary N) is 1. The number of aliphatic hydroxyl groups excluding tert-OH is 1. The van der Waals surface area contributed by atoms with Crippen LogP contribution in [-0.4, -0.2) is 73.4 Å². The molecule has 0 saturated heterocycles. The van der Waals surface area contributed by atoms with Gasteiger partial charge in [0, 0.05) is 6.42 Å². The van der Waals surface area contributed by atoms with E-state index in [9.17, 15) is 19.4 Å². The Hall–Kier alpha value is -1.28. The van der Waals surface area contributed by atoms with Gasteiger partial charge in [-0.05, 0) is 51.4 Å². The van der Waals surface area contributed by atoms with Gasteiger partial charge in [0.1, 0.15) is 13.2 Å². The third-order valence-corrected chi connectivity index (χ3v) is 12.1. The van der Waals surface area contributed by atoms with Gasteiger partial charge in [0.05, 0.1) is 39.9 Å². The Morgan fingerprint density at radius 3 is 1.41 bits per heavy atom. The first-order chi connectivity index (χ1) is 28.5. The summed E-state index contributed by atoms with van der Waals surface area (Å²) in [5.74, 6) is -0.156. The van der Waals surface area contributed by atoms with E-state index >= 15 is 0 Å². The molecule has 0 aliphatic heterocycles. The zero-order valence-electron chi connectivity index (χ0n) is 39.5. The zero-order valence-corrected chi connectivity index (χ0v) is 40.4. The number of allylic oxidation sites excluding steroid dienone is 6. The van der Waals surface area contributed by atoms with Gasteiger partial charge in [-0.25, -0.2) is 4.57 Å². The third kappa shape index (κ3) is 44.6. The molecule has 0 aromatic heterocycles. The van der Waals surface area contributed by atoms with Crippen LogP contribution in [0.2, 0.25) is 0 Å². The van der Waals surface area contributed by atoms with Gasteiger partial charge in [-0.1, -0.05) is 204 Å². The normalized spacial score (nSPS) is 14.5. The van der Waals surface area contributed by atoms with E-state index in [-0.39, 0.29) is 19.1 Å². The summed E-state index contributed by atoms with van der Waals surface area (Å²) in [5, 5.41) is 14.0. The van der Waals surface area contributed by atoms with Crippen LogP contribution in [0.1, 0.15) is 226 Å². The molecule has 0 radical (unpaired) electrons. The number of unbranched alkanes of at least 4 members (excludes halogenated alkanes) is 26. The Balaban J connectivity index is 4.32. The highest BCUT2D eigenvalue weighted by molar-refractivity contribution is 7.47. The summed E-state index contributed by atoms with van der Waals surface area (Å²) >= 11 is 0. The number of aliphatic hydroxyl groups is 1. The highest BCUT2D eigenvalue weighted by atomic mass is 31.2. The van der Waals surface area contributed by atoms with E-state index in [2.05, 4.69) is 55.6 Å². The van der Waals surface area contributed by atoms with Crippen molar-refractivity contribution in [2.45, 2.75) is 238 Å². The molecule has 8 nitrogen and oxygen atoms in total. The number of phosphoric acid groups is 1. The first-order valence-corrected chi connectivity index (χ1v) is 26.3. The second kappa shape index (κ2) is 42.0. The molecule has 348 valence electrons. The van der Waals surface area contributed by atoms with Gasteiger partial charge in [0.15, 0.2) is 0 Å². The molecule has 0 bridgehead atoms. The molecule has 3 unspecified atom stereocenters. The predicted octanol–water partition coefficient (Wildman–Crippen LogP) is 14.3. The number of phosphoric ester groups is 1. The van der Waals surface area contributed by atoms with Gasteiger partial charge in [-0.2, -0.15) is 0 Å². The molecule has 0 saturated carbocycles. The highest BCUT2D eigenvalue weighted by Gasteiger charge is 2.28. The van der Waals surface area contributed by atoms with Crippen LogP contribution in [0.25, 0.3) is 0 Å². The number of carbonyl (C=O) groups excluding carboxylic acids is 1. The predicted molar refractivity (Wildman–Crippen MR) is 254 cm³/mol. The number of likely N-dealkylation sites (N-methyl/N-ethyl adjacent to an activating group) is 1. The van der Waals surface area contributed by atoms with Gasteiger partial charge >= 0.3 is 7.82 Å². The fourth-order valence-corrected chi connectivity index (χ4v) is 7.91. The second-order valence-electron chi connectivity index (χ2n) is 18.2. The smallest absolute Gasteiger partial charge is 0.391 e. The molecule has 0 fully saturated rings. The van der Waals surface area contributed by atoms with Gasteiger partial charge < -0.3 is 19.8 Å². The molecule has 3 atom stereocenters. The molecule has 0 spiro atoms. The maximum atomic E-state index is 12.9. The molecule has 59 heavy (non-hydrogen) atoms. The van der Waals surface area contributed by atoms with Crippen molar-refractivity contribution in [1.29, 1.82) is 0 Å². The van der Waals surface area contributed by atoms with Crippen molar-refractivity contribution < 1.29 is 32.9 Å². The topological polar surface area (TPSA) is 105 Å². The van der Waals surface area contributed by atoms with Crippen molar-refractivity contribution in [2.24, 2.45) is 0 Å². The van der Waals surface area contributed by atoms with E-state index in [0.717, 1.165) is 64.2 Å². The lowest BCUT2D eigenvalue weighted by Crippen LogP contribution is -2.46. The monoisotopic (exact) mass is 854 g/mol. The van der Waals surface area contributed by atoms with E-state index in [1.807, 2.05) is 21.1 Å². The summed E-state index contributed by atoms with van der Waals surface area (Å²) in [4.78, 5) is 23.2. The van der Waals surface area contributed by atoms with Crippen LogP contribution in [0.15, 0.2) is 36.5 Å². The molecular formula is C50H98N2O6P+. The lowest BCUT2D eigenvalue weighted by molar-refractivity contribution is -0.870. The number of hydrogen-bond donors (Lipinski definition) is 3. The average molecular weight is 854 g/mol. The van der Waals surface area contributed by atoms with Crippen molar-refractivity contribution in [2.75, 3.05) is 40.9 Å². The molecule has 0 aromatic carbocycles. The molecule has 0 aliphatic carbocycles. The molecule has 0 heterocycles. The molecule has 3 N–H and O–H groups in total. The number of carbonyl (C=O) groups is 1. The molecule has 0 rings (SSSR count). The van der Waals surface area contributed by atoms with E-state index < -0.39 is 20.0 Å².